The van der Waals surface area contributed by atoms with Crippen LogP contribution >= 0.6 is 0 Å². The average molecular weight is 357 g/mol. The Morgan fingerprint density at radius 2 is 2.04 bits per heavy atom. The lowest BCUT2D eigenvalue weighted by Gasteiger charge is -2.34. The van der Waals surface area contributed by atoms with E-state index in [1.54, 1.807) is 15.9 Å². The number of rotatable bonds is 5. The average Bonchev–Trinajstić information content (AvgIpc) is 3.13. The topological polar surface area (TPSA) is 100 Å². The van der Waals surface area contributed by atoms with Crippen molar-refractivity contribution in [3.05, 3.63) is 48.0 Å². The quantitative estimate of drug-likeness (QED) is 0.846. The molecule has 0 saturated carbocycles. The number of carbonyl (C=O) groups excluding carboxylic acids is 1. The summed E-state index contributed by atoms with van der Waals surface area (Å²) in [5.41, 5.74) is 2.05. The Hall–Kier alpha value is -2.90. The normalized spacial score (nSPS) is 20.0. The second kappa shape index (κ2) is 7.99. The van der Waals surface area contributed by atoms with Crippen molar-refractivity contribution in [1.29, 1.82) is 0 Å². The van der Waals surface area contributed by atoms with Crippen molar-refractivity contribution in [2.75, 3.05) is 13.1 Å². The molecule has 0 aliphatic carbocycles. The molecule has 8 heteroatoms. The van der Waals surface area contributed by atoms with Crippen LogP contribution in [0.4, 0.5) is 4.79 Å². The summed E-state index contributed by atoms with van der Waals surface area (Å²) in [5.74, 6) is -1.16. The summed E-state index contributed by atoms with van der Waals surface area (Å²) in [6.45, 7) is 3.77. The van der Waals surface area contributed by atoms with E-state index in [2.05, 4.69) is 15.4 Å². The van der Waals surface area contributed by atoms with Gasteiger partial charge in [0, 0.05) is 19.6 Å². The SMILES string of the molecule is CC1CC(C(=O)O)CN(C(=O)NCc2ccccc2Cn2cncn2)C1. The predicted octanol–water partition coefficient (Wildman–Crippen LogP) is 1.58. The van der Waals surface area contributed by atoms with Crippen molar-refractivity contribution in [3.8, 4) is 0 Å². The van der Waals surface area contributed by atoms with E-state index in [1.165, 1.54) is 6.33 Å². The fourth-order valence-corrected chi connectivity index (χ4v) is 3.35. The zero-order valence-electron chi connectivity index (χ0n) is 14.7. The zero-order valence-corrected chi connectivity index (χ0v) is 14.7. The molecule has 3 rings (SSSR count). The lowest BCUT2D eigenvalue weighted by atomic mass is 9.91. The molecule has 0 bridgehead atoms. The van der Waals surface area contributed by atoms with Crippen LogP contribution in [0.5, 0.6) is 0 Å². The molecule has 1 aromatic heterocycles. The van der Waals surface area contributed by atoms with Crippen LogP contribution in [0.3, 0.4) is 0 Å². The van der Waals surface area contributed by atoms with Gasteiger partial charge in [-0.3, -0.25) is 4.79 Å². The van der Waals surface area contributed by atoms with Gasteiger partial charge in [-0.1, -0.05) is 31.2 Å². The fourth-order valence-electron chi connectivity index (χ4n) is 3.35. The minimum Gasteiger partial charge on any atom is -0.481 e. The third kappa shape index (κ3) is 4.38. The van der Waals surface area contributed by atoms with Crippen LogP contribution in [0, 0.1) is 11.8 Å². The van der Waals surface area contributed by atoms with Gasteiger partial charge in [0.2, 0.25) is 0 Å². The molecular formula is C18H23N5O3. The number of likely N-dealkylation sites (tertiary alicyclic amines) is 1. The van der Waals surface area contributed by atoms with Gasteiger partial charge in [0.25, 0.3) is 0 Å². The number of aromatic nitrogens is 3. The highest BCUT2D eigenvalue weighted by Crippen LogP contribution is 2.22. The van der Waals surface area contributed by atoms with Gasteiger partial charge in [-0.2, -0.15) is 5.10 Å². The number of carboxylic acid groups (broad SMARTS) is 1. The summed E-state index contributed by atoms with van der Waals surface area (Å²) in [5, 5.41) is 16.3. The van der Waals surface area contributed by atoms with E-state index in [1.807, 2.05) is 31.2 Å². The summed E-state index contributed by atoms with van der Waals surface area (Å²) in [7, 11) is 0. The fraction of sp³-hybridized carbons (Fsp3) is 0.444. The smallest absolute Gasteiger partial charge is 0.317 e. The van der Waals surface area contributed by atoms with Crippen LogP contribution in [0.25, 0.3) is 0 Å². The van der Waals surface area contributed by atoms with Crippen molar-refractivity contribution < 1.29 is 14.7 Å². The first-order valence-corrected chi connectivity index (χ1v) is 8.67. The van der Waals surface area contributed by atoms with Crippen LogP contribution in [-0.2, 0) is 17.9 Å². The monoisotopic (exact) mass is 357 g/mol. The maximum atomic E-state index is 12.5. The van der Waals surface area contributed by atoms with Crippen molar-refractivity contribution >= 4 is 12.0 Å². The molecule has 1 aliphatic heterocycles. The standard InChI is InChI=1S/C18H23N5O3/c1-13-6-16(17(24)25)9-22(8-13)18(26)20-7-14-4-2-3-5-15(14)10-23-12-19-11-21-23/h2-5,11-13,16H,6-10H2,1H3,(H,20,26)(H,24,25). The van der Waals surface area contributed by atoms with Gasteiger partial charge in [0.05, 0.1) is 12.5 Å². The molecule has 2 heterocycles. The molecule has 2 aromatic rings. The Bertz CT molecular complexity index is 762. The highest BCUT2D eigenvalue weighted by molar-refractivity contribution is 5.76. The van der Waals surface area contributed by atoms with E-state index in [0.717, 1.165) is 11.1 Å². The van der Waals surface area contributed by atoms with Crippen LogP contribution < -0.4 is 5.32 Å². The Morgan fingerprint density at radius 1 is 1.27 bits per heavy atom. The molecule has 2 atom stereocenters. The number of carboxylic acids is 1. The summed E-state index contributed by atoms with van der Waals surface area (Å²) in [6.07, 6.45) is 3.75. The van der Waals surface area contributed by atoms with Gasteiger partial charge in [0.15, 0.2) is 0 Å². The van der Waals surface area contributed by atoms with Crippen molar-refractivity contribution in [2.45, 2.75) is 26.4 Å². The largest absolute Gasteiger partial charge is 0.481 e. The molecule has 2 unspecified atom stereocenters. The highest BCUT2D eigenvalue weighted by atomic mass is 16.4. The van der Waals surface area contributed by atoms with Gasteiger partial charge in [0.1, 0.15) is 12.7 Å². The molecule has 138 valence electrons. The molecule has 8 nitrogen and oxygen atoms in total. The Morgan fingerprint density at radius 3 is 2.73 bits per heavy atom. The number of hydrogen-bond donors (Lipinski definition) is 2. The van der Waals surface area contributed by atoms with E-state index in [-0.39, 0.29) is 18.5 Å². The van der Waals surface area contributed by atoms with Crippen molar-refractivity contribution in [3.63, 3.8) is 0 Å². The number of piperidine rings is 1. The van der Waals surface area contributed by atoms with E-state index in [0.29, 0.717) is 26.1 Å². The summed E-state index contributed by atoms with van der Waals surface area (Å²) >= 11 is 0. The van der Waals surface area contributed by atoms with Gasteiger partial charge >= 0.3 is 12.0 Å². The maximum absolute atomic E-state index is 12.5. The number of amides is 2. The third-order valence-electron chi connectivity index (χ3n) is 4.64. The molecule has 26 heavy (non-hydrogen) atoms. The van der Waals surface area contributed by atoms with E-state index >= 15 is 0 Å². The number of benzene rings is 1. The lowest BCUT2D eigenvalue weighted by molar-refractivity contribution is -0.143. The van der Waals surface area contributed by atoms with Crippen LogP contribution in [0.2, 0.25) is 0 Å². The number of urea groups is 1. The van der Waals surface area contributed by atoms with Gasteiger partial charge in [-0.15, -0.1) is 0 Å². The summed E-state index contributed by atoms with van der Waals surface area (Å²) < 4.78 is 1.73. The number of carbonyl (C=O) groups is 2. The van der Waals surface area contributed by atoms with E-state index in [4.69, 9.17) is 0 Å². The number of nitrogens with one attached hydrogen (secondary N) is 1. The first kappa shape index (κ1) is 17.9. The Labute approximate surface area is 151 Å². The second-order valence-corrected chi connectivity index (χ2v) is 6.80. The lowest BCUT2D eigenvalue weighted by Crippen LogP contribution is -2.49. The van der Waals surface area contributed by atoms with Gasteiger partial charge in [-0.05, 0) is 23.5 Å². The molecule has 1 aliphatic rings. The second-order valence-electron chi connectivity index (χ2n) is 6.80. The molecule has 1 aromatic carbocycles. The molecular weight excluding hydrogens is 334 g/mol. The molecule has 1 fully saturated rings. The molecule has 0 spiro atoms. The van der Waals surface area contributed by atoms with Crippen LogP contribution in [0.1, 0.15) is 24.5 Å². The van der Waals surface area contributed by atoms with Crippen molar-refractivity contribution in [2.24, 2.45) is 11.8 Å². The summed E-state index contributed by atoms with van der Waals surface area (Å²) in [4.78, 5) is 29.3. The predicted molar refractivity (Wildman–Crippen MR) is 94.3 cm³/mol. The minimum atomic E-state index is -0.840. The van der Waals surface area contributed by atoms with E-state index in [9.17, 15) is 14.7 Å². The molecule has 1 saturated heterocycles. The van der Waals surface area contributed by atoms with Crippen LogP contribution in [0.15, 0.2) is 36.9 Å². The van der Waals surface area contributed by atoms with Gasteiger partial charge < -0.3 is 15.3 Å². The van der Waals surface area contributed by atoms with Crippen LogP contribution in [-0.4, -0.2) is 49.9 Å². The number of nitrogens with zero attached hydrogens (tertiary/aromatic N) is 4. The van der Waals surface area contributed by atoms with Crippen molar-refractivity contribution in [1.82, 2.24) is 25.0 Å². The number of aliphatic carboxylic acids is 1. The zero-order chi connectivity index (χ0) is 18.5. The molecule has 0 radical (unpaired) electrons. The third-order valence-corrected chi connectivity index (χ3v) is 4.64. The summed E-state index contributed by atoms with van der Waals surface area (Å²) in [6, 6.07) is 7.60. The Kier molecular flexibility index (Phi) is 5.50. The maximum Gasteiger partial charge on any atom is 0.317 e. The first-order chi connectivity index (χ1) is 12.5. The van der Waals surface area contributed by atoms with E-state index < -0.39 is 11.9 Å². The molecule has 2 amide bonds. The van der Waals surface area contributed by atoms with Gasteiger partial charge in [-0.25, -0.2) is 14.5 Å². The minimum absolute atomic E-state index is 0.176. The highest BCUT2D eigenvalue weighted by Gasteiger charge is 2.31. The number of hydrogen-bond acceptors (Lipinski definition) is 4. The Balaban J connectivity index is 1.62. The molecule has 2 N–H and O–H groups in total. The first-order valence-electron chi connectivity index (χ1n) is 8.67.